The number of aromatic nitrogens is 3. The van der Waals surface area contributed by atoms with E-state index >= 15 is 0 Å². The summed E-state index contributed by atoms with van der Waals surface area (Å²) in [6.45, 7) is 6.14. The first-order valence-electron chi connectivity index (χ1n) is 6.76. The van der Waals surface area contributed by atoms with Crippen LogP contribution in [-0.4, -0.2) is 21.0 Å². The van der Waals surface area contributed by atoms with E-state index in [1.165, 1.54) is 17.3 Å². The van der Waals surface area contributed by atoms with E-state index in [-0.39, 0.29) is 6.04 Å². The fourth-order valence-electron chi connectivity index (χ4n) is 1.90. The first-order valence-corrected chi connectivity index (χ1v) is 7.58. The van der Waals surface area contributed by atoms with E-state index in [9.17, 15) is 0 Å². The van der Waals surface area contributed by atoms with E-state index in [0.29, 0.717) is 0 Å². The molecule has 20 heavy (non-hydrogen) atoms. The van der Waals surface area contributed by atoms with Crippen molar-refractivity contribution in [2.75, 3.05) is 0 Å². The quantitative estimate of drug-likeness (QED) is 0.857. The number of hydrogen-bond donors (Lipinski definition) is 1. The molecule has 4 nitrogen and oxygen atoms in total. The molecule has 106 valence electrons. The van der Waals surface area contributed by atoms with E-state index in [2.05, 4.69) is 34.9 Å². The van der Waals surface area contributed by atoms with Crippen molar-refractivity contribution >= 4 is 11.8 Å². The zero-order chi connectivity index (χ0) is 14.5. The first kappa shape index (κ1) is 14.9. The molecular weight excluding hydrogens is 268 g/mol. The molecule has 2 rings (SSSR count). The van der Waals surface area contributed by atoms with Gasteiger partial charge in [-0.15, -0.1) is 0 Å². The van der Waals surface area contributed by atoms with Gasteiger partial charge in [0.25, 0.3) is 0 Å². The Hall–Kier alpha value is -1.46. The van der Waals surface area contributed by atoms with Crippen LogP contribution in [0.25, 0.3) is 0 Å². The number of pyridine rings is 1. The molecule has 2 aromatic rings. The molecule has 0 bridgehead atoms. The largest absolute Gasteiger partial charge is 0.327 e. The van der Waals surface area contributed by atoms with Crippen molar-refractivity contribution in [3.8, 4) is 0 Å². The van der Waals surface area contributed by atoms with Crippen LogP contribution >= 0.6 is 11.8 Å². The molecule has 0 aliphatic heterocycles. The van der Waals surface area contributed by atoms with E-state index in [4.69, 9.17) is 5.73 Å². The molecule has 0 radical (unpaired) electrons. The second kappa shape index (κ2) is 6.81. The van der Waals surface area contributed by atoms with Gasteiger partial charge in [-0.2, -0.15) is 0 Å². The number of nitrogens with zero attached hydrogens (tertiary/aromatic N) is 3. The van der Waals surface area contributed by atoms with Crippen LogP contribution in [-0.2, 0) is 6.42 Å². The lowest BCUT2D eigenvalue weighted by molar-refractivity contribution is 0.641. The molecule has 1 atom stereocenters. The molecule has 2 aromatic heterocycles. The second-order valence-electron chi connectivity index (χ2n) is 4.97. The fourth-order valence-corrected chi connectivity index (χ4v) is 2.73. The van der Waals surface area contributed by atoms with Crippen LogP contribution in [0.5, 0.6) is 0 Å². The van der Waals surface area contributed by atoms with Crippen LogP contribution in [0.15, 0.2) is 34.7 Å². The molecule has 0 aliphatic rings. The predicted molar refractivity (Wildman–Crippen MR) is 81.8 cm³/mol. The fraction of sp³-hybridized carbons (Fsp3) is 0.400. The van der Waals surface area contributed by atoms with Crippen LogP contribution in [0.1, 0.15) is 30.2 Å². The third-order valence-electron chi connectivity index (χ3n) is 2.97. The number of nitrogens with two attached hydrogens (primary N) is 1. The molecule has 2 N–H and O–H groups in total. The highest BCUT2D eigenvalue weighted by Crippen LogP contribution is 2.23. The van der Waals surface area contributed by atoms with Crippen LogP contribution < -0.4 is 5.73 Å². The minimum atomic E-state index is 0.179. The van der Waals surface area contributed by atoms with Crippen molar-refractivity contribution in [2.45, 2.75) is 49.8 Å². The molecule has 0 fully saturated rings. The average molecular weight is 288 g/mol. The highest BCUT2D eigenvalue weighted by atomic mass is 32.2. The molecule has 1 unspecified atom stereocenters. The maximum atomic E-state index is 5.93. The molecular formula is C15H20N4S. The lowest BCUT2D eigenvalue weighted by Crippen LogP contribution is -2.21. The lowest BCUT2D eigenvalue weighted by atomic mass is 10.1. The number of rotatable bonds is 5. The van der Waals surface area contributed by atoms with Crippen LogP contribution in [0.4, 0.5) is 0 Å². The summed E-state index contributed by atoms with van der Waals surface area (Å²) in [4.78, 5) is 13.2. The first-order chi connectivity index (χ1) is 9.56. The van der Waals surface area contributed by atoms with Crippen molar-refractivity contribution in [3.05, 3.63) is 41.3 Å². The molecule has 0 spiro atoms. The monoisotopic (exact) mass is 288 g/mol. The third-order valence-corrected chi connectivity index (χ3v) is 3.79. The normalized spacial score (nSPS) is 12.4. The van der Waals surface area contributed by atoms with Crippen LogP contribution in [0.2, 0.25) is 0 Å². The Morgan fingerprint density at radius 2 is 1.90 bits per heavy atom. The van der Waals surface area contributed by atoms with Gasteiger partial charge in [-0.25, -0.2) is 15.0 Å². The second-order valence-corrected chi connectivity index (χ2v) is 5.96. The lowest BCUT2D eigenvalue weighted by Gasteiger charge is -2.08. The molecule has 2 heterocycles. The van der Waals surface area contributed by atoms with Gasteiger partial charge >= 0.3 is 0 Å². The Morgan fingerprint density at radius 1 is 1.20 bits per heavy atom. The van der Waals surface area contributed by atoms with Gasteiger partial charge in [0.15, 0.2) is 5.16 Å². The summed E-state index contributed by atoms with van der Waals surface area (Å²) in [5.74, 6) is 0. The summed E-state index contributed by atoms with van der Waals surface area (Å²) < 4.78 is 0. The minimum Gasteiger partial charge on any atom is -0.327 e. The molecule has 0 amide bonds. The predicted octanol–water partition coefficient (Wildman–Crippen LogP) is 2.92. The van der Waals surface area contributed by atoms with Crippen molar-refractivity contribution in [2.24, 2.45) is 5.73 Å². The van der Waals surface area contributed by atoms with Gasteiger partial charge in [0.05, 0.1) is 0 Å². The third kappa shape index (κ3) is 4.28. The molecule has 5 heteroatoms. The Bertz CT molecular complexity index is 548. The highest BCUT2D eigenvalue weighted by Gasteiger charge is 2.06. The Kier molecular flexibility index (Phi) is 5.09. The zero-order valence-electron chi connectivity index (χ0n) is 12.1. The highest BCUT2D eigenvalue weighted by molar-refractivity contribution is 7.99. The van der Waals surface area contributed by atoms with Gasteiger partial charge < -0.3 is 5.73 Å². The topological polar surface area (TPSA) is 64.7 Å². The molecule has 0 aliphatic carbocycles. The van der Waals surface area contributed by atoms with Gasteiger partial charge in [0, 0.05) is 24.1 Å². The summed E-state index contributed by atoms with van der Waals surface area (Å²) >= 11 is 1.48. The smallest absolute Gasteiger partial charge is 0.193 e. The van der Waals surface area contributed by atoms with Gasteiger partial charge in [0.2, 0.25) is 0 Å². The SMILES string of the molecule is CCC(N)Cc1cnc(Sc2cc(C)cc(C)n2)nc1. The van der Waals surface area contributed by atoms with E-state index in [1.807, 2.05) is 25.4 Å². The molecule has 0 saturated heterocycles. The standard InChI is InChI=1S/C15H20N4S/c1-4-13(16)7-12-8-17-15(18-9-12)20-14-6-10(2)5-11(3)19-14/h5-6,8-9,13H,4,7,16H2,1-3H3. The van der Waals surface area contributed by atoms with Crippen molar-refractivity contribution in [1.29, 1.82) is 0 Å². The van der Waals surface area contributed by atoms with Crippen molar-refractivity contribution in [1.82, 2.24) is 15.0 Å². The molecule has 0 saturated carbocycles. The summed E-state index contributed by atoms with van der Waals surface area (Å²) in [6.07, 6.45) is 5.49. The van der Waals surface area contributed by atoms with E-state index in [0.717, 1.165) is 34.3 Å². The van der Waals surface area contributed by atoms with Crippen LogP contribution in [0.3, 0.4) is 0 Å². The maximum Gasteiger partial charge on any atom is 0.193 e. The van der Waals surface area contributed by atoms with Gasteiger partial charge in [-0.05, 0) is 61.7 Å². The Morgan fingerprint density at radius 3 is 2.50 bits per heavy atom. The van der Waals surface area contributed by atoms with Crippen molar-refractivity contribution < 1.29 is 0 Å². The minimum absolute atomic E-state index is 0.179. The Balaban J connectivity index is 2.06. The van der Waals surface area contributed by atoms with Gasteiger partial charge in [-0.1, -0.05) is 6.92 Å². The summed E-state index contributed by atoms with van der Waals surface area (Å²) in [7, 11) is 0. The van der Waals surface area contributed by atoms with Crippen LogP contribution in [0, 0.1) is 13.8 Å². The number of hydrogen-bond acceptors (Lipinski definition) is 5. The zero-order valence-corrected chi connectivity index (χ0v) is 12.9. The van der Waals surface area contributed by atoms with E-state index in [1.54, 1.807) is 0 Å². The van der Waals surface area contributed by atoms with E-state index < -0.39 is 0 Å². The van der Waals surface area contributed by atoms with Crippen molar-refractivity contribution in [3.63, 3.8) is 0 Å². The summed E-state index contributed by atoms with van der Waals surface area (Å²) in [6, 6.07) is 4.28. The van der Waals surface area contributed by atoms with Gasteiger partial charge in [-0.3, -0.25) is 0 Å². The average Bonchev–Trinajstić information content (AvgIpc) is 2.39. The summed E-state index contributed by atoms with van der Waals surface area (Å²) in [5.41, 5.74) is 9.22. The van der Waals surface area contributed by atoms with Gasteiger partial charge in [0.1, 0.15) is 5.03 Å². The summed E-state index contributed by atoms with van der Waals surface area (Å²) in [5, 5.41) is 1.65. The molecule has 0 aromatic carbocycles. The maximum absolute atomic E-state index is 5.93. The Labute approximate surface area is 124 Å². The number of aryl methyl sites for hydroxylation is 2.